The standard InChI is InChI=1S/C19H21N3O3/c1-14-6-8-16(9-7-14)20-19(23)15-10-12-21(13-11-15)17-4-2-3-5-18(17)22(24)25/h2-9,15H,10-13H2,1H3,(H,20,23). The Balaban J connectivity index is 1.61. The predicted octanol–water partition coefficient (Wildman–Crippen LogP) is 3.76. The van der Waals surface area contributed by atoms with Crippen molar-refractivity contribution in [3.63, 3.8) is 0 Å². The Hall–Kier alpha value is -2.89. The number of nitrogens with one attached hydrogen (secondary N) is 1. The molecule has 0 saturated carbocycles. The zero-order valence-electron chi connectivity index (χ0n) is 14.1. The number of piperidine rings is 1. The van der Waals surface area contributed by atoms with E-state index in [2.05, 4.69) is 5.32 Å². The van der Waals surface area contributed by atoms with Gasteiger partial charge in [0.05, 0.1) is 4.92 Å². The van der Waals surface area contributed by atoms with E-state index in [0.717, 1.165) is 11.3 Å². The minimum atomic E-state index is -0.356. The summed E-state index contributed by atoms with van der Waals surface area (Å²) in [6.45, 7) is 3.28. The molecule has 1 amide bonds. The molecule has 1 fully saturated rings. The second kappa shape index (κ2) is 7.34. The maximum Gasteiger partial charge on any atom is 0.292 e. The number of nitro benzene ring substituents is 1. The van der Waals surface area contributed by atoms with Gasteiger partial charge < -0.3 is 10.2 Å². The van der Waals surface area contributed by atoms with Crippen molar-refractivity contribution in [3.05, 3.63) is 64.2 Å². The highest BCUT2D eigenvalue weighted by molar-refractivity contribution is 5.92. The third-order valence-corrected chi connectivity index (χ3v) is 4.60. The number of anilines is 2. The van der Waals surface area contributed by atoms with Crippen molar-refractivity contribution in [3.8, 4) is 0 Å². The molecule has 3 rings (SSSR count). The van der Waals surface area contributed by atoms with Crippen LogP contribution in [0.5, 0.6) is 0 Å². The molecule has 1 aliphatic rings. The lowest BCUT2D eigenvalue weighted by Crippen LogP contribution is -2.38. The number of hydrogen-bond donors (Lipinski definition) is 1. The number of carbonyl (C=O) groups excluding carboxylic acids is 1. The van der Waals surface area contributed by atoms with Crippen molar-refractivity contribution >= 4 is 23.0 Å². The molecule has 1 aliphatic heterocycles. The predicted molar refractivity (Wildman–Crippen MR) is 97.8 cm³/mol. The quantitative estimate of drug-likeness (QED) is 0.680. The summed E-state index contributed by atoms with van der Waals surface area (Å²) in [4.78, 5) is 25.2. The van der Waals surface area contributed by atoms with Gasteiger partial charge in [-0.15, -0.1) is 0 Å². The number of para-hydroxylation sites is 2. The molecule has 0 bridgehead atoms. The summed E-state index contributed by atoms with van der Waals surface area (Å²) in [5.74, 6) is -0.0496. The average Bonchev–Trinajstić information content (AvgIpc) is 2.63. The first-order chi connectivity index (χ1) is 12.0. The topological polar surface area (TPSA) is 75.5 Å². The van der Waals surface area contributed by atoms with E-state index in [4.69, 9.17) is 0 Å². The molecule has 2 aromatic carbocycles. The van der Waals surface area contributed by atoms with Crippen LogP contribution in [0.1, 0.15) is 18.4 Å². The SMILES string of the molecule is Cc1ccc(NC(=O)C2CCN(c3ccccc3[N+](=O)[O-])CC2)cc1. The van der Waals surface area contributed by atoms with Crippen LogP contribution in [0.25, 0.3) is 0 Å². The number of rotatable bonds is 4. The first-order valence-electron chi connectivity index (χ1n) is 8.40. The van der Waals surface area contributed by atoms with Crippen LogP contribution in [0.15, 0.2) is 48.5 Å². The first-order valence-corrected chi connectivity index (χ1v) is 8.40. The third-order valence-electron chi connectivity index (χ3n) is 4.60. The number of amides is 1. The summed E-state index contributed by atoms with van der Waals surface area (Å²) in [5.41, 5.74) is 2.70. The van der Waals surface area contributed by atoms with Crippen molar-refractivity contribution in [2.24, 2.45) is 5.92 Å². The molecule has 0 atom stereocenters. The summed E-state index contributed by atoms with van der Waals surface area (Å²) >= 11 is 0. The van der Waals surface area contributed by atoms with Gasteiger partial charge in [0.25, 0.3) is 5.69 Å². The maximum atomic E-state index is 12.4. The Bertz CT molecular complexity index is 766. The summed E-state index contributed by atoms with van der Waals surface area (Å²) in [6.07, 6.45) is 1.37. The summed E-state index contributed by atoms with van der Waals surface area (Å²) < 4.78 is 0. The van der Waals surface area contributed by atoms with Crippen molar-refractivity contribution in [2.75, 3.05) is 23.3 Å². The normalized spacial score (nSPS) is 15.0. The highest BCUT2D eigenvalue weighted by Gasteiger charge is 2.28. The van der Waals surface area contributed by atoms with Crippen LogP contribution in [0.4, 0.5) is 17.1 Å². The molecule has 1 saturated heterocycles. The summed E-state index contributed by atoms with van der Waals surface area (Å²) in [5, 5.41) is 14.1. The number of carbonyl (C=O) groups is 1. The molecule has 1 N–H and O–H groups in total. The lowest BCUT2D eigenvalue weighted by molar-refractivity contribution is -0.384. The fraction of sp³-hybridized carbons (Fsp3) is 0.316. The zero-order valence-corrected chi connectivity index (χ0v) is 14.1. The Morgan fingerprint density at radius 1 is 1.12 bits per heavy atom. The molecule has 0 unspecified atom stereocenters. The van der Waals surface area contributed by atoms with Gasteiger partial charge in [-0.2, -0.15) is 0 Å². The van der Waals surface area contributed by atoms with E-state index < -0.39 is 0 Å². The number of benzene rings is 2. The van der Waals surface area contributed by atoms with Crippen LogP contribution in [-0.2, 0) is 4.79 Å². The van der Waals surface area contributed by atoms with E-state index in [1.165, 1.54) is 6.07 Å². The largest absolute Gasteiger partial charge is 0.366 e. The molecule has 130 valence electrons. The highest BCUT2D eigenvalue weighted by atomic mass is 16.6. The fourth-order valence-corrected chi connectivity index (χ4v) is 3.15. The maximum absolute atomic E-state index is 12.4. The van der Waals surface area contributed by atoms with Gasteiger partial charge in [0.15, 0.2) is 0 Å². The second-order valence-corrected chi connectivity index (χ2v) is 6.36. The van der Waals surface area contributed by atoms with Crippen molar-refractivity contribution in [2.45, 2.75) is 19.8 Å². The Morgan fingerprint density at radius 2 is 1.76 bits per heavy atom. The van der Waals surface area contributed by atoms with Crippen LogP contribution >= 0.6 is 0 Å². The third kappa shape index (κ3) is 3.96. The van der Waals surface area contributed by atoms with Crippen molar-refractivity contribution < 1.29 is 9.72 Å². The van der Waals surface area contributed by atoms with Gasteiger partial charge in [-0.05, 0) is 38.0 Å². The van der Waals surface area contributed by atoms with Crippen LogP contribution < -0.4 is 10.2 Å². The number of nitro groups is 1. The van der Waals surface area contributed by atoms with Gasteiger partial charge in [0, 0.05) is 30.8 Å². The average molecular weight is 339 g/mol. The van der Waals surface area contributed by atoms with E-state index in [1.54, 1.807) is 18.2 Å². The highest BCUT2D eigenvalue weighted by Crippen LogP contribution is 2.31. The molecule has 0 radical (unpaired) electrons. The molecular formula is C19H21N3O3. The molecule has 1 heterocycles. The summed E-state index contributed by atoms with van der Waals surface area (Å²) in [6, 6.07) is 14.5. The smallest absolute Gasteiger partial charge is 0.292 e. The van der Waals surface area contributed by atoms with Gasteiger partial charge >= 0.3 is 0 Å². The van der Waals surface area contributed by atoms with E-state index >= 15 is 0 Å². The lowest BCUT2D eigenvalue weighted by atomic mass is 9.95. The van der Waals surface area contributed by atoms with Crippen LogP contribution in [0.3, 0.4) is 0 Å². The van der Waals surface area contributed by atoms with E-state index in [0.29, 0.717) is 31.6 Å². The summed E-state index contributed by atoms with van der Waals surface area (Å²) in [7, 11) is 0. The Morgan fingerprint density at radius 3 is 2.40 bits per heavy atom. The molecule has 6 nitrogen and oxygen atoms in total. The molecule has 6 heteroatoms. The van der Waals surface area contributed by atoms with Gasteiger partial charge in [0.2, 0.25) is 5.91 Å². The second-order valence-electron chi connectivity index (χ2n) is 6.36. The Kier molecular flexibility index (Phi) is 4.97. The minimum absolute atomic E-state index is 0.0195. The zero-order chi connectivity index (χ0) is 17.8. The van der Waals surface area contributed by atoms with Crippen LogP contribution in [0.2, 0.25) is 0 Å². The van der Waals surface area contributed by atoms with Gasteiger partial charge in [-0.25, -0.2) is 0 Å². The van der Waals surface area contributed by atoms with E-state index in [9.17, 15) is 14.9 Å². The number of nitrogens with zero attached hydrogens (tertiary/aromatic N) is 2. The van der Waals surface area contributed by atoms with Gasteiger partial charge in [-0.1, -0.05) is 29.8 Å². The monoisotopic (exact) mass is 339 g/mol. The number of aryl methyl sites for hydroxylation is 1. The molecule has 0 aliphatic carbocycles. The molecule has 25 heavy (non-hydrogen) atoms. The van der Waals surface area contributed by atoms with Crippen molar-refractivity contribution in [1.29, 1.82) is 0 Å². The molecule has 2 aromatic rings. The van der Waals surface area contributed by atoms with Crippen molar-refractivity contribution in [1.82, 2.24) is 0 Å². The first kappa shape index (κ1) is 17.0. The Labute approximate surface area is 146 Å². The van der Waals surface area contributed by atoms with E-state index in [1.807, 2.05) is 36.1 Å². The molecular weight excluding hydrogens is 318 g/mol. The minimum Gasteiger partial charge on any atom is -0.366 e. The van der Waals surface area contributed by atoms with Crippen LogP contribution in [-0.4, -0.2) is 23.9 Å². The fourth-order valence-electron chi connectivity index (χ4n) is 3.15. The van der Waals surface area contributed by atoms with Crippen LogP contribution in [0, 0.1) is 23.0 Å². The van der Waals surface area contributed by atoms with Gasteiger partial charge in [-0.3, -0.25) is 14.9 Å². The lowest BCUT2D eigenvalue weighted by Gasteiger charge is -2.32. The molecule has 0 aromatic heterocycles. The van der Waals surface area contributed by atoms with E-state index in [-0.39, 0.29) is 22.4 Å². The number of hydrogen-bond acceptors (Lipinski definition) is 4. The van der Waals surface area contributed by atoms with Gasteiger partial charge in [0.1, 0.15) is 5.69 Å². The molecule has 0 spiro atoms.